The van der Waals surface area contributed by atoms with Crippen molar-refractivity contribution in [2.24, 2.45) is 0 Å². The summed E-state index contributed by atoms with van der Waals surface area (Å²) in [6.45, 7) is 1.65. The summed E-state index contributed by atoms with van der Waals surface area (Å²) in [5.74, 6) is 0. The number of benzene rings is 1. The van der Waals surface area contributed by atoms with Gasteiger partial charge in [0.05, 0.1) is 11.1 Å². The summed E-state index contributed by atoms with van der Waals surface area (Å²) < 4.78 is 0. The van der Waals surface area contributed by atoms with Crippen LogP contribution in [0.15, 0.2) is 17.0 Å². The second kappa shape index (κ2) is 4.56. The Labute approximate surface area is 92.1 Å². The van der Waals surface area contributed by atoms with E-state index in [2.05, 4.69) is 0 Å². The Morgan fingerprint density at radius 1 is 1.38 bits per heavy atom. The lowest BCUT2D eigenvalue weighted by molar-refractivity contribution is 0.199. The number of thioether (sulfide) groups is 1. The lowest BCUT2D eigenvalue weighted by Crippen LogP contribution is -1.94. The van der Waals surface area contributed by atoms with Gasteiger partial charge in [-0.1, -0.05) is 23.2 Å². The molecule has 4 heteroatoms. The highest BCUT2D eigenvalue weighted by atomic mass is 35.5. The van der Waals surface area contributed by atoms with E-state index < -0.39 is 6.10 Å². The maximum absolute atomic E-state index is 9.43. The Kier molecular flexibility index (Phi) is 3.92. The third-order valence-corrected chi connectivity index (χ3v) is 3.36. The molecule has 0 saturated heterocycles. The van der Waals surface area contributed by atoms with Crippen LogP contribution in [-0.4, -0.2) is 11.4 Å². The summed E-state index contributed by atoms with van der Waals surface area (Å²) in [7, 11) is 0. The summed E-state index contributed by atoms with van der Waals surface area (Å²) in [5, 5.41) is 10.5. The molecule has 13 heavy (non-hydrogen) atoms. The first-order valence-electron chi connectivity index (χ1n) is 3.78. The number of rotatable bonds is 2. The molecular weight excluding hydrogens is 227 g/mol. The van der Waals surface area contributed by atoms with Crippen molar-refractivity contribution in [3.05, 3.63) is 27.7 Å². The largest absolute Gasteiger partial charge is 0.389 e. The third kappa shape index (κ3) is 2.32. The molecule has 1 nitrogen and oxygen atoms in total. The van der Waals surface area contributed by atoms with Crippen LogP contribution in [0.1, 0.15) is 18.6 Å². The van der Waals surface area contributed by atoms with Gasteiger partial charge in [0.15, 0.2) is 0 Å². The molecule has 0 aromatic heterocycles. The van der Waals surface area contributed by atoms with Crippen molar-refractivity contribution in [3.8, 4) is 0 Å². The maximum atomic E-state index is 9.43. The highest BCUT2D eigenvalue weighted by Gasteiger charge is 2.13. The van der Waals surface area contributed by atoms with E-state index in [1.165, 1.54) is 11.8 Å². The third-order valence-electron chi connectivity index (χ3n) is 1.73. The highest BCUT2D eigenvalue weighted by molar-refractivity contribution is 7.98. The zero-order valence-electron chi connectivity index (χ0n) is 7.34. The summed E-state index contributed by atoms with van der Waals surface area (Å²) in [4.78, 5) is 0.932. The van der Waals surface area contributed by atoms with Crippen LogP contribution in [0.4, 0.5) is 0 Å². The standard InChI is InChI=1S/C9H10Cl2OS/c1-5(12)8-6(10)3-4-7(13-2)9(8)11/h3-5,12H,1-2H3. The van der Waals surface area contributed by atoms with Crippen LogP contribution in [-0.2, 0) is 0 Å². The number of aliphatic hydroxyl groups is 1. The normalized spacial score (nSPS) is 13.0. The zero-order valence-corrected chi connectivity index (χ0v) is 9.67. The quantitative estimate of drug-likeness (QED) is 0.790. The average Bonchev–Trinajstić information content (AvgIpc) is 2.04. The van der Waals surface area contributed by atoms with E-state index in [1.54, 1.807) is 13.0 Å². The van der Waals surface area contributed by atoms with E-state index in [4.69, 9.17) is 23.2 Å². The molecule has 0 aliphatic carbocycles. The van der Waals surface area contributed by atoms with Crippen LogP contribution in [0.25, 0.3) is 0 Å². The summed E-state index contributed by atoms with van der Waals surface area (Å²) in [6, 6.07) is 3.60. The van der Waals surface area contributed by atoms with E-state index in [1.807, 2.05) is 12.3 Å². The smallest absolute Gasteiger partial charge is 0.0791 e. The van der Waals surface area contributed by atoms with Gasteiger partial charge in [-0.25, -0.2) is 0 Å². The molecule has 1 unspecified atom stereocenters. The highest BCUT2D eigenvalue weighted by Crippen LogP contribution is 2.36. The van der Waals surface area contributed by atoms with Gasteiger partial charge in [0, 0.05) is 15.5 Å². The SMILES string of the molecule is CSc1ccc(Cl)c(C(C)O)c1Cl. The van der Waals surface area contributed by atoms with Crippen molar-refractivity contribution >= 4 is 35.0 Å². The molecule has 0 radical (unpaired) electrons. The molecule has 0 saturated carbocycles. The molecule has 1 aromatic carbocycles. The van der Waals surface area contributed by atoms with Gasteiger partial charge in [-0.3, -0.25) is 0 Å². The van der Waals surface area contributed by atoms with Crippen molar-refractivity contribution in [3.63, 3.8) is 0 Å². The molecule has 72 valence electrons. The molecule has 0 bridgehead atoms. The molecule has 0 amide bonds. The summed E-state index contributed by atoms with van der Waals surface area (Å²) >= 11 is 13.5. The van der Waals surface area contributed by atoms with E-state index in [9.17, 15) is 5.11 Å². The second-order valence-corrected chi connectivity index (χ2v) is 4.29. The number of hydrogen-bond donors (Lipinski definition) is 1. The molecule has 0 aliphatic rings. The van der Waals surface area contributed by atoms with Crippen molar-refractivity contribution in [1.29, 1.82) is 0 Å². The first-order chi connectivity index (χ1) is 6.07. The number of aliphatic hydroxyl groups excluding tert-OH is 1. The summed E-state index contributed by atoms with van der Waals surface area (Å²) in [5.41, 5.74) is 0.607. The van der Waals surface area contributed by atoms with Gasteiger partial charge in [-0.2, -0.15) is 0 Å². The molecule has 1 N–H and O–H groups in total. The first kappa shape index (κ1) is 11.2. The van der Waals surface area contributed by atoms with E-state index >= 15 is 0 Å². The monoisotopic (exact) mass is 236 g/mol. The maximum Gasteiger partial charge on any atom is 0.0791 e. The Hall–Kier alpha value is 0.110. The van der Waals surface area contributed by atoms with Gasteiger partial charge >= 0.3 is 0 Å². The molecule has 0 aliphatic heterocycles. The van der Waals surface area contributed by atoms with Crippen molar-refractivity contribution in [2.45, 2.75) is 17.9 Å². The predicted molar refractivity (Wildman–Crippen MR) is 58.9 cm³/mol. The van der Waals surface area contributed by atoms with Gasteiger partial charge in [-0.15, -0.1) is 11.8 Å². The average molecular weight is 237 g/mol. The molecule has 0 spiro atoms. The fraction of sp³-hybridized carbons (Fsp3) is 0.333. The zero-order chi connectivity index (χ0) is 10.0. The van der Waals surface area contributed by atoms with Gasteiger partial charge in [0.2, 0.25) is 0 Å². The van der Waals surface area contributed by atoms with Crippen LogP contribution < -0.4 is 0 Å². The van der Waals surface area contributed by atoms with Crippen molar-refractivity contribution in [2.75, 3.05) is 6.26 Å². The van der Waals surface area contributed by atoms with E-state index in [0.29, 0.717) is 15.6 Å². The molecule has 0 fully saturated rings. The lowest BCUT2D eigenvalue weighted by atomic mass is 10.1. The van der Waals surface area contributed by atoms with E-state index in [-0.39, 0.29) is 0 Å². The Bertz CT molecular complexity index is 313. The van der Waals surface area contributed by atoms with Crippen LogP contribution in [0.2, 0.25) is 10.0 Å². The lowest BCUT2D eigenvalue weighted by Gasteiger charge is -2.12. The van der Waals surface area contributed by atoms with Gasteiger partial charge in [0.25, 0.3) is 0 Å². The van der Waals surface area contributed by atoms with Crippen LogP contribution in [0.3, 0.4) is 0 Å². The Morgan fingerprint density at radius 3 is 2.46 bits per heavy atom. The molecular formula is C9H10Cl2OS. The van der Waals surface area contributed by atoms with Crippen LogP contribution >= 0.6 is 35.0 Å². The van der Waals surface area contributed by atoms with Crippen LogP contribution in [0, 0.1) is 0 Å². The molecule has 1 aromatic rings. The van der Waals surface area contributed by atoms with Crippen LogP contribution in [0.5, 0.6) is 0 Å². The molecule has 1 atom stereocenters. The molecule has 1 rings (SSSR count). The van der Waals surface area contributed by atoms with E-state index in [0.717, 1.165) is 4.90 Å². The molecule has 0 heterocycles. The number of halogens is 2. The van der Waals surface area contributed by atoms with Crippen molar-refractivity contribution in [1.82, 2.24) is 0 Å². The second-order valence-electron chi connectivity index (χ2n) is 2.65. The Balaban J connectivity index is 3.30. The fourth-order valence-corrected chi connectivity index (χ4v) is 2.50. The minimum Gasteiger partial charge on any atom is -0.389 e. The topological polar surface area (TPSA) is 20.2 Å². The van der Waals surface area contributed by atoms with Gasteiger partial charge < -0.3 is 5.11 Å². The minimum atomic E-state index is -0.632. The Morgan fingerprint density at radius 2 is 2.00 bits per heavy atom. The van der Waals surface area contributed by atoms with Gasteiger partial charge in [0.1, 0.15) is 0 Å². The first-order valence-corrected chi connectivity index (χ1v) is 5.76. The summed E-state index contributed by atoms with van der Waals surface area (Å²) in [6.07, 6.45) is 1.30. The minimum absolute atomic E-state index is 0.512. The predicted octanol–water partition coefficient (Wildman–Crippen LogP) is 3.77. The van der Waals surface area contributed by atoms with Crippen molar-refractivity contribution < 1.29 is 5.11 Å². The van der Waals surface area contributed by atoms with Gasteiger partial charge in [-0.05, 0) is 25.3 Å². The number of hydrogen-bond acceptors (Lipinski definition) is 2. The fourth-order valence-electron chi connectivity index (χ4n) is 1.09.